The van der Waals surface area contributed by atoms with Crippen LogP contribution >= 0.6 is 0 Å². The number of benzene rings is 2. The summed E-state index contributed by atoms with van der Waals surface area (Å²) in [4.78, 5) is 26.1. The van der Waals surface area contributed by atoms with Gasteiger partial charge < -0.3 is 19.7 Å². The summed E-state index contributed by atoms with van der Waals surface area (Å²) in [6.45, 7) is 0.895. The Morgan fingerprint density at radius 1 is 1.25 bits per heavy atom. The van der Waals surface area contributed by atoms with Crippen molar-refractivity contribution in [1.29, 1.82) is 0 Å². The minimum absolute atomic E-state index is 0.0199. The van der Waals surface area contributed by atoms with Crippen LogP contribution in [0.2, 0.25) is 0 Å². The van der Waals surface area contributed by atoms with Gasteiger partial charge in [-0.15, -0.1) is 0 Å². The smallest absolute Gasteiger partial charge is 0.326 e. The van der Waals surface area contributed by atoms with Gasteiger partial charge in [0, 0.05) is 25.3 Å². The molecule has 2 fully saturated rings. The van der Waals surface area contributed by atoms with Gasteiger partial charge in [0.25, 0.3) is 5.91 Å². The molecular weight excluding hydrogens is 491 g/mol. The molecule has 5 rings (SSSR count). The maximum Gasteiger partial charge on any atom is 0.326 e. The van der Waals surface area contributed by atoms with Crippen molar-refractivity contribution in [2.24, 2.45) is 0 Å². The first-order valence-electron chi connectivity index (χ1n) is 11.8. The van der Waals surface area contributed by atoms with Crippen molar-refractivity contribution in [2.45, 2.75) is 38.5 Å². The Bertz CT molecular complexity index is 1270. The number of fused-ring (bicyclic) bond motifs is 1. The summed E-state index contributed by atoms with van der Waals surface area (Å²) < 4.78 is 55.2. The summed E-state index contributed by atoms with van der Waals surface area (Å²) in [5.74, 6) is -1.57. The van der Waals surface area contributed by atoms with Crippen LogP contribution in [0.5, 0.6) is 5.75 Å². The Hall–Kier alpha value is -3.38. The van der Waals surface area contributed by atoms with E-state index in [9.17, 15) is 18.0 Å². The van der Waals surface area contributed by atoms with Crippen LogP contribution in [0.15, 0.2) is 36.4 Å². The Balaban J connectivity index is 1.43. The lowest BCUT2D eigenvalue weighted by atomic mass is 9.97. The number of hydrogen-bond acceptors (Lipinski definition) is 6. The van der Waals surface area contributed by atoms with Crippen LogP contribution in [0.3, 0.4) is 0 Å². The van der Waals surface area contributed by atoms with Gasteiger partial charge in [0.15, 0.2) is 5.82 Å². The number of ether oxygens (including phenoxy) is 2. The Morgan fingerprint density at radius 2 is 2.06 bits per heavy atom. The van der Waals surface area contributed by atoms with E-state index in [1.54, 1.807) is 6.07 Å². The second kappa shape index (κ2) is 9.94. The minimum atomic E-state index is -4.28. The molecule has 0 aromatic heterocycles. The number of rotatable bonds is 6. The number of halogens is 1. The number of nitrogens with zero attached hydrogens (tertiary/aromatic N) is 2. The molecule has 1 unspecified atom stereocenters. The van der Waals surface area contributed by atoms with Crippen LogP contribution in [-0.2, 0) is 39.3 Å². The quantitative estimate of drug-likeness (QED) is 0.603. The molecule has 3 heterocycles. The number of amides is 3. The SMILES string of the molecule is O=C1CN(c2c(OCc3ccccc3)cc3c(c2F)CN(C(=O)NCC2CCCO2)CC3)S(=O)(=O)N1. The highest BCUT2D eigenvalue weighted by Crippen LogP contribution is 2.40. The highest BCUT2D eigenvalue weighted by atomic mass is 32.2. The average Bonchev–Trinajstić information content (AvgIpc) is 3.48. The van der Waals surface area contributed by atoms with Crippen molar-refractivity contribution in [2.75, 3.05) is 30.5 Å². The van der Waals surface area contributed by atoms with Crippen molar-refractivity contribution in [1.82, 2.24) is 14.9 Å². The van der Waals surface area contributed by atoms with Gasteiger partial charge in [-0.05, 0) is 36.5 Å². The number of carbonyl (C=O) groups is 2. The van der Waals surface area contributed by atoms with Crippen LogP contribution < -0.4 is 19.1 Å². The van der Waals surface area contributed by atoms with Crippen molar-refractivity contribution in [3.63, 3.8) is 0 Å². The van der Waals surface area contributed by atoms with Gasteiger partial charge in [-0.2, -0.15) is 8.42 Å². The largest absolute Gasteiger partial charge is 0.487 e. The summed E-state index contributed by atoms with van der Waals surface area (Å²) in [7, 11) is -4.28. The molecule has 3 aliphatic heterocycles. The van der Waals surface area contributed by atoms with E-state index >= 15 is 4.39 Å². The molecule has 12 heteroatoms. The Morgan fingerprint density at radius 3 is 2.75 bits per heavy atom. The molecule has 2 N–H and O–H groups in total. The fourth-order valence-electron chi connectivity index (χ4n) is 4.64. The Labute approximate surface area is 208 Å². The number of hydrogen-bond donors (Lipinski definition) is 2. The van der Waals surface area contributed by atoms with Gasteiger partial charge in [0.2, 0.25) is 0 Å². The van der Waals surface area contributed by atoms with Crippen LogP contribution in [0.1, 0.15) is 29.5 Å². The standard InChI is InChI=1S/C24H27FN4O6S/c25-22-19-13-28(24(31)26-12-18-7-4-10-34-18)9-8-17(19)11-20(35-15-16-5-2-1-3-6-16)23(22)29-14-21(30)27-36(29,32)33/h1-3,5-6,11,18H,4,7-10,12-15H2,(H,26,31)(H,27,30). The van der Waals surface area contributed by atoms with Crippen LogP contribution in [0.4, 0.5) is 14.9 Å². The molecule has 10 nitrogen and oxygen atoms in total. The van der Waals surface area contributed by atoms with E-state index in [2.05, 4.69) is 5.32 Å². The van der Waals surface area contributed by atoms with Crippen LogP contribution in [0, 0.1) is 5.82 Å². The van der Waals surface area contributed by atoms with Crippen molar-refractivity contribution in [3.8, 4) is 5.75 Å². The number of carbonyl (C=O) groups excluding carboxylic acids is 2. The second-order valence-corrected chi connectivity index (χ2v) is 10.6. The monoisotopic (exact) mass is 518 g/mol. The summed E-state index contributed by atoms with van der Waals surface area (Å²) >= 11 is 0. The molecule has 3 amide bonds. The van der Waals surface area contributed by atoms with Gasteiger partial charge in [-0.25, -0.2) is 18.2 Å². The van der Waals surface area contributed by atoms with Gasteiger partial charge in [0.1, 0.15) is 24.6 Å². The molecule has 2 aromatic carbocycles. The molecular formula is C24H27FN4O6S. The molecule has 2 aromatic rings. The van der Waals surface area contributed by atoms with Crippen LogP contribution in [0.25, 0.3) is 0 Å². The molecule has 36 heavy (non-hydrogen) atoms. The minimum Gasteiger partial charge on any atom is -0.487 e. The highest BCUT2D eigenvalue weighted by molar-refractivity contribution is 7.92. The molecule has 192 valence electrons. The number of urea groups is 1. The van der Waals surface area contributed by atoms with Gasteiger partial charge in [-0.1, -0.05) is 30.3 Å². The number of nitrogens with one attached hydrogen (secondary N) is 2. The predicted molar refractivity (Wildman–Crippen MR) is 128 cm³/mol. The van der Waals surface area contributed by atoms with E-state index in [-0.39, 0.29) is 42.3 Å². The van der Waals surface area contributed by atoms with E-state index in [1.165, 1.54) is 4.90 Å². The first kappa shape index (κ1) is 24.3. The normalized spacial score (nSPS) is 20.7. The lowest BCUT2D eigenvalue weighted by Crippen LogP contribution is -2.45. The second-order valence-electron chi connectivity index (χ2n) is 8.98. The molecule has 3 aliphatic rings. The van der Waals surface area contributed by atoms with E-state index in [0.29, 0.717) is 36.0 Å². The molecule has 2 saturated heterocycles. The summed E-state index contributed by atoms with van der Waals surface area (Å²) in [5.41, 5.74) is 1.29. The van der Waals surface area contributed by atoms with Crippen molar-refractivity contribution < 1.29 is 31.9 Å². The lowest BCUT2D eigenvalue weighted by molar-refractivity contribution is -0.117. The zero-order valence-corrected chi connectivity index (χ0v) is 20.4. The Kier molecular flexibility index (Phi) is 6.71. The number of anilines is 1. The average molecular weight is 519 g/mol. The summed E-state index contributed by atoms with van der Waals surface area (Å²) in [6.07, 6.45) is 2.18. The van der Waals surface area contributed by atoms with Gasteiger partial charge in [0.05, 0.1) is 12.6 Å². The van der Waals surface area contributed by atoms with E-state index in [4.69, 9.17) is 9.47 Å². The predicted octanol–water partition coefficient (Wildman–Crippen LogP) is 1.83. The molecule has 0 bridgehead atoms. The molecule has 1 atom stereocenters. The van der Waals surface area contributed by atoms with E-state index in [1.807, 2.05) is 35.1 Å². The molecule has 0 aliphatic carbocycles. The topological polar surface area (TPSA) is 117 Å². The van der Waals surface area contributed by atoms with Gasteiger partial charge >= 0.3 is 16.2 Å². The maximum atomic E-state index is 16.0. The first-order chi connectivity index (χ1) is 17.3. The third-order valence-electron chi connectivity index (χ3n) is 6.50. The highest BCUT2D eigenvalue weighted by Gasteiger charge is 2.39. The van der Waals surface area contributed by atoms with Crippen molar-refractivity contribution >= 4 is 27.8 Å². The molecule has 0 radical (unpaired) electrons. The van der Waals surface area contributed by atoms with Crippen molar-refractivity contribution in [3.05, 3.63) is 58.9 Å². The molecule has 0 spiro atoms. The summed E-state index contributed by atoms with van der Waals surface area (Å²) in [5, 5.41) is 2.84. The fraction of sp³-hybridized carbons (Fsp3) is 0.417. The summed E-state index contributed by atoms with van der Waals surface area (Å²) in [6, 6.07) is 10.4. The fourth-order valence-corrected chi connectivity index (χ4v) is 5.80. The zero-order chi connectivity index (χ0) is 25.3. The molecule has 0 saturated carbocycles. The van der Waals surface area contributed by atoms with Crippen LogP contribution in [-0.4, -0.2) is 57.6 Å². The van der Waals surface area contributed by atoms with E-state index < -0.39 is 28.5 Å². The first-order valence-corrected chi connectivity index (χ1v) is 13.2. The van der Waals surface area contributed by atoms with Gasteiger partial charge in [-0.3, -0.25) is 4.79 Å². The third-order valence-corrected chi connectivity index (χ3v) is 7.88. The maximum absolute atomic E-state index is 16.0. The lowest BCUT2D eigenvalue weighted by Gasteiger charge is -2.31. The van der Waals surface area contributed by atoms with E-state index in [0.717, 1.165) is 18.4 Å². The zero-order valence-electron chi connectivity index (χ0n) is 19.5. The third kappa shape index (κ3) is 4.96.